The third-order valence-electron chi connectivity index (χ3n) is 4.22. The van der Waals surface area contributed by atoms with Gasteiger partial charge in [-0.2, -0.15) is 0 Å². The summed E-state index contributed by atoms with van der Waals surface area (Å²) in [7, 11) is 1.63. The SMILES string of the molecule is COC1(C(=O)c2ccc(-c3ccccc3)cc2)CCC1. The van der Waals surface area contributed by atoms with Crippen molar-refractivity contribution in [1.29, 1.82) is 0 Å². The third kappa shape index (κ3) is 2.16. The summed E-state index contributed by atoms with van der Waals surface area (Å²) < 4.78 is 5.46. The van der Waals surface area contributed by atoms with Crippen LogP contribution in [0, 0.1) is 0 Å². The molecule has 1 fully saturated rings. The average Bonchev–Trinajstić information content (AvgIpc) is 2.48. The van der Waals surface area contributed by atoms with Crippen LogP contribution in [0.2, 0.25) is 0 Å². The Morgan fingerprint density at radius 3 is 2.05 bits per heavy atom. The first-order chi connectivity index (χ1) is 9.75. The van der Waals surface area contributed by atoms with E-state index in [1.54, 1.807) is 7.11 Å². The van der Waals surface area contributed by atoms with Crippen LogP contribution in [0.4, 0.5) is 0 Å². The Morgan fingerprint density at radius 1 is 0.950 bits per heavy atom. The number of carbonyl (C=O) groups is 1. The average molecular weight is 266 g/mol. The molecule has 2 heteroatoms. The van der Waals surface area contributed by atoms with Gasteiger partial charge in [-0.25, -0.2) is 0 Å². The van der Waals surface area contributed by atoms with Gasteiger partial charge in [0.15, 0.2) is 5.78 Å². The molecular weight excluding hydrogens is 248 g/mol. The highest BCUT2D eigenvalue weighted by molar-refractivity contribution is 6.03. The summed E-state index contributed by atoms with van der Waals surface area (Å²) in [4.78, 5) is 12.5. The van der Waals surface area contributed by atoms with E-state index in [0.717, 1.165) is 36.0 Å². The van der Waals surface area contributed by atoms with Gasteiger partial charge < -0.3 is 4.74 Å². The summed E-state index contributed by atoms with van der Waals surface area (Å²) in [6.45, 7) is 0. The molecule has 1 saturated carbocycles. The van der Waals surface area contributed by atoms with Crippen molar-refractivity contribution in [3.63, 3.8) is 0 Å². The Hall–Kier alpha value is -1.93. The van der Waals surface area contributed by atoms with Crippen molar-refractivity contribution in [3.8, 4) is 11.1 Å². The molecule has 3 rings (SSSR count). The van der Waals surface area contributed by atoms with Crippen molar-refractivity contribution >= 4 is 5.78 Å². The lowest BCUT2D eigenvalue weighted by atomic mass is 9.74. The minimum atomic E-state index is -0.561. The minimum absolute atomic E-state index is 0.117. The molecule has 0 saturated heterocycles. The molecule has 0 atom stereocenters. The largest absolute Gasteiger partial charge is 0.370 e. The number of benzene rings is 2. The second kappa shape index (κ2) is 5.22. The number of carbonyl (C=O) groups excluding carboxylic acids is 1. The Balaban J connectivity index is 1.85. The fraction of sp³-hybridized carbons (Fsp3) is 0.278. The Bertz CT molecular complexity index is 590. The lowest BCUT2D eigenvalue weighted by molar-refractivity contribution is -0.0448. The maximum atomic E-state index is 12.5. The fourth-order valence-electron chi connectivity index (χ4n) is 2.73. The zero-order chi connectivity index (χ0) is 14.0. The van der Waals surface area contributed by atoms with Gasteiger partial charge in [0.25, 0.3) is 0 Å². The summed E-state index contributed by atoms with van der Waals surface area (Å²) in [5.41, 5.74) is 2.47. The molecule has 0 N–H and O–H groups in total. The fourth-order valence-corrected chi connectivity index (χ4v) is 2.73. The summed E-state index contributed by atoms with van der Waals surface area (Å²) in [5, 5.41) is 0. The van der Waals surface area contributed by atoms with E-state index in [-0.39, 0.29) is 5.78 Å². The van der Waals surface area contributed by atoms with E-state index in [1.807, 2.05) is 42.5 Å². The molecule has 0 aromatic heterocycles. The standard InChI is InChI=1S/C18H18O2/c1-20-18(12-5-13-18)17(19)16-10-8-15(9-11-16)14-6-3-2-4-7-14/h2-4,6-11H,5,12-13H2,1H3. The van der Waals surface area contributed by atoms with Gasteiger partial charge in [0.05, 0.1) is 0 Å². The van der Waals surface area contributed by atoms with E-state index in [0.29, 0.717) is 0 Å². The molecule has 1 aliphatic carbocycles. The molecule has 20 heavy (non-hydrogen) atoms. The monoisotopic (exact) mass is 266 g/mol. The number of ketones is 1. The Labute approximate surface area is 119 Å². The second-order valence-corrected chi connectivity index (χ2v) is 5.32. The smallest absolute Gasteiger partial charge is 0.194 e. The number of rotatable bonds is 4. The number of hydrogen-bond donors (Lipinski definition) is 0. The van der Waals surface area contributed by atoms with Crippen LogP contribution >= 0.6 is 0 Å². The van der Waals surface area contributed by atoms with Gasteiger partial charge >= 0.3 is 0 Å². The summed E-state index contributed by atoms with van der Waals surface area (Å²) in [6.07, 6.45) is 2.74. The molecule has 0 amide bonds. The minimum Gasteiger partial charge on any atom is -0.370 e. The normalized spacial score (nSPS) is 16.4. The third-order valence-corrected chi connectivity index (χ3v) is 4.22. The van der Waals surface area contributed by atoms with E-state index in [4.69, 9.17) is 4.74 Å². The lowest BCUT2D eigenvalue weighted by Gasteiger charge is -2.38. The molecule has 0 aliphatic heterocycles. The summed E-state index contributed by atoms with van der Waals surface area (Å²) >= 11 is 0. The highest BCUT2D eigenvalue weighted by Gasteiger charge is 2.44. The Morgan fingerprint density at radius 2 is 1.55 bits per heavy atom. The Kier molecular flexibility index (Phi) is 3.41. The van der Waals surface area contributed by atoms with Crippen LogP contribution in [0.1, 0.15) is 29.6 Å². The van der Waals surface area contributed by atoms with Crippen LogP contribution in [0.25, 0.3) is 11.1 Å². The van der Waals surface area contributed by atoms with Crippen LogP contribution in [0.3, 0.4) is 0 Å². The molecule has 0 unspecified atom stereocenters. The molecule has 0 spiro atoms. The van der Waals surface area contributed by atoms with E-state index in [9.17, 15) is 4.79 Å². The van der Waals surface area contributed by atoms with Crippen LogP contribution in [-0.2, 0) is 4.74 Å². The summed E-state index contributed by atoms with van der Waals surface area (Å²) in [5.74, 6) is 0.117. The number of methoxy groups -OCH3 is 1. The molecular formula is C18H18O2. The van der Waals surface area contributed by atoms with Gasteiger partial charge in [-0.15, -0.1) is 0 Å². The van der Waals surface area contributed by atoms with Crippen LogP contribution in [0.15, 0.2) is 54.6 Å². The maximum Gasteiger partial charge on any atom is 0.194 e. The van der Waals surface area contributed by atoms with Crippen molar-refractivity contribution in [1.82, 2.24) is 0 Å². The first-order valence-corrected chi connectivity index (χ1v) is 7.01. The van der Waals surface area contributed by atoms with Gasteiger partial charge in [0.1, 0.15) is 5.60 Å². The first-order valence-electron chi connectivity index (χ1n) is 7.01. The van der Waals surface area contributed by atoms with E-state index < -0.39 is 5.60 Å². The first kappa shape index (κ1) is 13.1. The molecule has 102 valence electrons. The number of Topliss-reactive ketones (excluding diaryl/α,β-unsaturated/α-hetero) is 1. The molecule has 2 aromatic carbocycles. The number of ether oxygens (including phenoxy) is 1. The summed E-state index contributed by atoms with van der Waals surface area (Å²) in [6, 6.07) is 18.0. The molecule has 2 aromatic rings. The van der Waals surface area contributed by atoms with Crippen molar-refractivity contribution in [2.24, 2.45) is 0 Å². The van der Waals surface area contributed by atoms with E-state index in [2.05, 4.69) is 12.1 Å². The topological polar surface area (TPSA) is 26.3 Å². The van der Waals surface area contributed by atoms with Crippen LogP contribution in [0.5, 0.6) is 0 Å². The molecule has 1 aliphatic rings. The highest BCUT2D eigenvalue weighted by Crippen LogP contribution is 2.38. The van der Waals surface area contributed by atoms with Gasteiger partial charge in [0, 0.05) is 12.7 Å². The van der Waals surface area contributed by atoms with Gasteiger partial charge in [0.2, 0.25) is 0 Å². The van der Waals surface area contributed by atoms with Crippen molar-refractivity contribution in [2.75, 3.05) is 7.11 Å². The van der Waals surface area contributed by atoms with Crippen molar-refractivity contribution < 1.29 is 9.53 Å². The predicted octanol–water partition coefficient (Wildman–Crippen LogP) is 4.11. The van der Waals surface area contributed by atoms with Crippen LogP contribution < -0.4 is 0 Å². The van der Waals surface area contributed by atoms with Crippen molar-refractivity contribution in [3.05, 3.63) is 60.2 Å². The maximum absolute atomic E-state index is 12.5. The van der Waals surface area contributed by atoms with Crippen LogP contribution in [-0.4, -0.2) is 18.5 Å². The van der Waals surface area contributed by atoms with Crippen molar-refractivity contribution in [2.45, 2.75) is 24.9 Å². The van der Waals surface area contributed by atoms with Gasteiger partial charge in [-0.05, 0) is 30.4 Å². The van der Waals surface area contributed by atoms with Gasteiger partial charge in [-0.1, -0.05) is 54.6 Å². The molecule has 2 nitrogen and oxygen atoms in total. The molecule has 0 radical (unpaired) electrons. The molecule has 0 bridgehead atoms. The number of hydrogen-bond acceptors (Lipinski definition) is 2. The van der Waals surface area contributed by atoms with E-state index >= 15 is 0 Å². The highest BCUT2D eigenvalue weighted by atomic mass is 16.5. The zero-order valence-electron chi connectivity index (χ0n) is 11.6. The second-order valence-electron chi connectivity index (χ2n) is 5.32. The van der Waals surface area contributed by atoms with Gasteiger partial charge in [-0.3, -0.25) is 4.79 Å². The zero-order valence-corrected chi connectivity index (χ0v) is 11.6. The molecule has 0 heterocycles. The quantitative estimate of drug-likeness (QED) is 0.779. The van der Waals surface area contributed by atoms with E-state index in [1.165, 1.54) is 0 Å². The lowest BCUT2D eigenvalue weighted by Crippen LogP contribution is -2.47. The predicted molar refractivity (Wildman–Crippen MR) is 79.8 cm³/mol.